The molecule has 1 aliphatic rings. The lowest BCUT2D eigenvalue weighted by atomic mass is 10.0. The van der Waals surface area contributed by atoms with Gasteiger partial charge in [0.25, 0.3) is 5.91 Å². The molecule has 6 nitrogen and oxygen atoms in total. The van der Waals surface area contributed by atoms with Gasteiger partial charge in [0.1, 0.15) is 11.5 Å². The van der Waals surface area contributed by atoms with E-state index in [1.807, 2.05) is 4.90 Å². The first-order valence-corrected chi connectivity index (χ1v) is 9.46. The standard InChI is InChI=1S/C21H25N5O/c1-13-8-16(20-17(9-13)14(2)15(3)24-20)10-23-19-12-22-11-18(25-19)21(27)26-6-4-5-7-26/h8-9,11-12,24H,4-7,10H2,1-3H3,(H,23,25). The van der Waals surface area contributed by atoms with E-state index < -0.39 is 0 Å². The second kappa shape index (κ2) is 7.02. The predicted molar refractivity (Wildman–Crippen MR) is 107 cm³/mol. The number of H-pyrrole nitrogens is 1. The lowest BCUT2D eigenvalue weighted by Crippen LogP contribution is -2.28. The molecule has 2 N–H and O–H groups in total. The van der Waals surface area contributed by atoms with Crippen LogP contribution in [0.15, 0.2) is 24.5 Å². The van der Waals surface area contributed by atoms with Gasteiger partial charge in [0.05, 0.1) is 17.9 Å². The van der Waals surface area contributed by atoms with Crippen LogP contribution in [0.25, 0.3) is 10.9 Å². The minimum Gasteiger partial charge on any atom is -0.365 e. The molecule has 0 spiro atoms. The summed E-state index contributed by atoms with van der Waals surface area (Å²) in [5.41, 5.74) is 6.44. The molecule has 6 heteroatoms. The zero-order chi connectivity index (χ0) is 19.0. The number of nitrogens with one attached hydrogen (secondary N) is 2. The Hall–Kier alpha value is -2.89. The number of hydrogen-bond donors (Lipinski definition) is 2. The topological polar surface area (TPSA) is 73.9 Å². The van der Waals surface area contributed by atoms with Gasteiger partial charge >= 0.3 is 0 Å². The molecule has 0 atom stereocenters. The largest absolute Gasteiger partial charge is 0.365 e. The molecule has 2 aromatic heterocycles. The van der Waals surface area contributed by atoms with Crippen LogP contribution in [0.2, 0.25) is 0 Å². The van der Waals surface area contributed by atoms with Gasteiger partial charge in [0.15, 0.2) is 0 Å². The second-order valence-electron chi connectivity index (χ2n) is 7.36. The van der Waals surface area contributed by atoms with E-state index in [1.54, 1.807) is 12.4 Å². The molecule has 3 heterocycles. The van der Waals surface area contributed by atoms with E-state index in [1.165, 1.54) is 27.8 Å². The van der Waals surface area contributed by atoms with Gasteiger partial charge in [-0.1, -0.05) is 11.6 Å². The van der Waals surface area contributed by atoms with Gasteiger partial charge in [0.2, 0.25) is 0 Å². The number of fused-ring (bicyclic) bond motifs is 1. The number of aryl methyl sites for hydroxylation is 3. The highest BCUT2D eigenvalue weighted by Crippen LogP contribution is 2.26. The first-order chi connectivity index (χ1) is 13.0. The molecular formula is C21H25N5O. The van der Waals surface area contributed by atoms with E-state index in [4.69, 9.17) is 0 Å². The van der Waals surface area contributed by atoms with E-state index in [0.717, 1.165) is 31.4 Å². The molecule has 1 amide bonds. The van der Waals surface area contributed by atoms with Gasteiger partial charge in [-0.05, 0) is 50.8 Å². The minimum absolute atomic E-state index is 0.0304. The van der Waals surface area contributed by atoms with Crippen molar-refractivity contribution in [3.05, 3.63) is 52.6 Å². The summed E-state index contributed by atoms with van der Waals surface area (Å²) in [5, 5.41) is 4.59. The van der Waals surface area contributed by atoms with Crippen LogP contribution >= 0.6 is 0 Å². The van der Waals surface area contributed by atoms with Crippen molar-refractivity contribution in [1.82, 2.24) is 19.9 Å². The Bertz CT molecular complexity index is 1000. The summed E-state index contributed by atoms with van der Waals surface area (Å²) in [6.07, 6.45) is 5.35. The van der Waals surface area contributed by atoms with Crippen molar-refractivity contribution in [3.63, 3.8) is 0 Å². The van der Waals surface area contributed by atoms with Gasteiger partial charge in [-0.15, -0.1) is 0 Å². The summed E-state index contributed by atoms with van der Waals surface area (Å²) in [6, 6.07) is 4.39. The maximum Gasteiger partial charge on any atom is 0.274 e. The maximum atomic E-state index is 12.5. The fraction of sp³-hybridized carbons (Fsp3) is 0.381. The summed E-state index contributed by atoms with van der Waals surface area (Å²) >= 11 is 0. The minimum atomic E-state index is -0.0304. The molecule has 1 aliphatic heterocycles. The SMILES string of the molecule is Cc1cc(CNc2cncc(C(=O)N3CCCC3)n2)c2[nH]c(C)c(C)c2c1. The van der Waals surface area contributed by atoms with Crippen molar-refractivity contribution in [2.24, 2.45) is 0 Å². The highest BCUT2D eigenvalue weighted by molar-refractivity contribution is 5.92. The normalized spacial score (nSPS) is 14.1. The maximum absolute atomic E-state index is 12.5. The fourth-order valence-corrected chi connectivity index (χ4v) is 3.75. The molecule has 0 saturated carbocycles. The lowest BCUT2D eigenvalue weighted by molar-refractivity contribution is 0.0786. The number of anilines is 1. The van der Waals surface area contributed by atoms with Crippen LogP contribution in [-0.4, -0.2) is 38.8 Å². The summed E-state index contributed by atoms with van der Waals surface area (Å²) in [7, 11) is 0. The third kappa shape index (κ3) is 3.39. The number of carbonyl (C=O) groups excluding carboxylic acids is 1. The van der Waals surface area contributed by atoms with Crippen LogP contribution in [0.3, 0.4) is 0 Å². The Labute approximate surface area is 159 Å². The van der Waals surface area contributed by atoms with Crippen molar-refractivity contribution in [2.75, 3.05) is 18.4 Å². The molecule has 0 unspecified atom stereocenters. The van der Waals surface area contributed by atoms with Crippen LogP contribution in [0.5, 0.6) is 0 Å². The van der Waals surface area contributed by atoms with Gasteiger partial charge in [-0.3, -0.25) is 9.78 Å². The van der Waals surface area contributed by atoms with Crippen molar-refractivity contribution in [1.29, 1.82) is 0 Å². The molecule has 27 heavy (non-hydrogen) atoms. The van der Waals surface area contributed by atoms with Gasteiger partial charge in [0, 0.05) is 30.7 Å². The van der Waals surface area contributed by atoms with Crippen LogP contribution in [0.1, 0.15) is 45.7 Å². The Morgan fingerprint density at radius 2 is 1.96 bits per heavy atom. The lowest BCUT2D eigenvalue weighted by Gasteiger charge is -2.15. The smallest absolute Gasteiger partial charge is 0.274 e. The summed E-state index contributed by atoms with van der Waals surface area (Å²) in [6.45, 7) is 8.59. The van der Waals surface area contributed by atoms with E-state index in [-0.39, 0.29) is 5.91 Å². The van der Waals surface area contributed by atoms with Crippen LogP contribution in [0, 0.1) is 20.8 Å². The summed E-state index contributed by atoms with van der Waals surface area (Å²) < 4.78 is 0. The first kappa shape index (κ1) is 17.5. The molecule has 4 rings (SSSR count). The van der Waals surface area contributed by atoms with Gasteiger partial charge in [-0.25, -0.2) is 4.98 Å². The average Bonchev–Trinajstić information content (AvgIpc) is 3.30. The van der Waals surface area contributed by atoms with E-state index in [9.17, 15) is 4.79 Å². The molecule has 0 bridgehead atoms. The highest BCUT2D eigenvalue weighted by Gasteiger charge is 2.21. The number of rotatable bonds is 4. The van der Waals surface area contributed by atoms with Crippen molar-refractivity contribution >= 4 is 22.6 Å². The first-order valence-electron chi connectivity index (χ1n) is 9.46. The summed E-state index contributed by atoms with van der Waals surface area (Å²) in [5.74, 6) is 0.590. The number of aromatic amines is 1. The van der Waals surface area contributed by atoms with E-state index in [0.29, 0.717) is 18.1 Å². The monoisotopic (exact) mass is 363 g/mol. The zero-order valence-corrected chi connectivity index (χ0v) is 16.1. The van der Waals surface area contributed by atoms with Crippen molar-refractivity contribution < 1.29 is 4.79 Å². The van der Waals surface area contributed by atoms with Crippen molar-refractivity contribution in [2.45, 2.75) is 40.2 Å². The number of likely N-dealkylation sites (tertiary alicyclic amines) is 1. The second-order valence-corrected chi connectivity index (χ2v) is 7.36. The Balaban J connectivity index is 1.56. The van der Waals surface area contributed by atoms with Crippen LogP contribution in [-0.2, 0) is 6.54 Å². The van der Waals surface area contributed by atoms with E-state index >= 15 is 0 Å². The Kier molecular flexibility index (Phi) is 4.56. The molecule has 1 fully saturated rings. The fourth-order valence-electron chi connectivity index (χ4n) is 3.75. The number of amides is 1. The van der Waals surface area contributed by atoms with Crippen LogP contribution < -0.4 is 5.32 Å². The molecule has 3 aromatic rings. The van der Waals surface area contributed by atoms with E-state index in [2.05, 4.69) is 53.2 Å². The highest BCUT2D eigenvalue weighted by atomic mass is 16.2. The van der Waals surface area contributed by atoms with Crippen LogP contribution in [0.4, 0.5) is 5.82 Å². The molecule has 140 valence electrons. The van der Waals surface area contributed by atoms with Crippen molar-refractivity contribution in [3.8, 4) is 0 Å². The number of benzene rings is 1. The van der Waals surface area contributed by atoms with Gasteiger partial charge < -0.3 is 15.2 Å². The average molecular weight is 363 g/mol. The molecule has 0 radical (unpaired) electrons. The molecular weight excluding hydrogens is 338 g/mol. The number of hydrogen-bond acceptors (Lipinski definition) is 4. The molecule has 1 aromatic carbocycles. The molecule has 1 saturated heterocycles. The number of nitrogens with zero attached hydrogens (tertiary/aromatic N) is 3. The number of carbonyl (C=O) groups is 1. The third-order valence-corrected chi connectivity index (χ3v) is 5.35. The zero-order valence-electron chi connectivity index (χ0n) is 16.1. The Morgan fingerprint density at radius 3 is 2.74 bits per heavy atom. The molecule has 0 aliphatic carbocycles. The number of aromatic nitrogens is 3. The Morgan fingerprint density at radius 1 is 1.19 bits per heavy atom. The third-order valence-electron chi connectivity index (χ3n) is 5.35. The van der Waals surface area contributed by atoms with Gasteiger partial charge in [-0.2, -0.15) is 0 Å². The summed E-state index contributed by atoms with van der Waals surface area (Å²) in [4.78, 5) is 26.6. The predicted octanol–water partition coefficient (Wildman–Crippen LogP) is 3.73. The quantitative estimate of drug-likeness (QED) is 0.741.